The Hall–Kier alpha value is -2.19. The van der Waals surface area contributed by atoms with Gasteiger partial charge in [-0.15, -0.1) is 11.8 Å². The van der Waals surface area contributed by atoms with Crippen LogP contribution in [0.3, 0.4) is 0 Å². The second-order valence-corrected chi connectivity index (χ2v) is 4.85. The minimum Gasteiger partial charge on any atom is -0.496 e. The molecule has 96 valence electrons. The van der Waals surface area contributed by atoms with Gasteiger partial charge in [-0.3, -0.25) is 0 Å². The highest BCUT2D eigenvalue weighted by molar-refractivity contribution is 7.98. The fourth-order valence-electron chi connectivity index (χ4n) is 1.59. The topological polar surface area (TPSA) is 71.9 Å². The van der Waals surface area contributed by atoms with E-state index in [9.17, 15) is 0 Å². The Labute approximate surface area is 116 Å². The van der Waals surface area contributed by atoms with Gasteiger partial charge in [-0.2, -0.15) is 5.26 Å². The summed E-state index contributed by atoms with van der Waals surface area (Å²) in [4.78, 5) is 4.22. The SMILES string of the molecule is COc1ccc(C#N)cc1CSc1ccc(N)cn1. The zero-order chi connectivity index (χ0) is 13.7. The first-order chi connectivity index (χ1) is 9.22. The molecule has 0 aliphatic carbocycles. The molecule has 0 radical (unpaired) electrons. The van der Waals surface area contributed by atoms with Crippen LogP contribution in [0, 0.1) is 11.3 Å². The lowest BCUT2D eigenvalue weighted by atomic mass is 10.1. The van der Waals surface area contributed by atoms with Crippen molar-refractivity contribution < 1.29 is 4.74 Å². The number of nitrogens with zero attached hydrogens (tertiary/aromatic N) is 2. The molecule has 2 rings (SSSR count). The predicted octanol–water partition coefficient (Wildman–Crippen LogP) is 2.84. The average Bonchev–Trinajstić information content (AvgIpc) is 2.46. The first kappa shape index (κ1) is 13.2. The monoisotopic (exact) mass is 271 g/mol. The van der Waals surface area contributed by atoms with Gasteiger partial charge in [0.05, 0.1) is 35.7 Å². The molecule has 0 bridgehead atoms. The lowest BCUT2D eigenvalue weighted by molar-refractivity contribution is 0.411. The third-order valence-electron chi connectivity index (χ3n) is 2.54. The van der Waals surface area contributed by atoms with Crippen molar-refractivity contribution in [1.82, 2.24) is 4.98 Å². The van der Waals surface area contributed by atoms with Crippen LogP contribution in [0.15, 0.2) is 41.6 Å². The number of hydrogen-bond donors (Lipinski definition) is 1. The number of pyridine rings is 1. The summed E-state index contributed by atoms with van der Waals surface area (Å²) in [6.45, 7) is 0. The van der Waals surface area contributed by atoms with Crippen molar-refractivity contribution in [3.63, 3.8) is 0 Å². The van der Waals surface area contributed by atoms with Gasteiger partial charge < -0.3 is 10.5 Å². The number of nitrogen functional groups attached to an aromatic ring is 1. The molecule has 2 aromatic rings. The van der Waals surface area contributed by atoms with Crippen molar-refractivity contribution in [3.05, 3.63) is 47.7 Å². The van der Waals surface area contributed by atoms with Crippen LogP contribution in [0.5, 0.6) is 5.75 Å². The summed E-state index contributed by atoms with van der Waals surface area (Å²) in [6, 6.07) is 11.2. The normalized spacial score (nSPS) is 9.89. The summed E-state index contributed by atoms with van der Waals surface area (Å²) in [5, 5.41) is 9.81. The van der Waals surface area contributed by atoms with E-state index in [1.165, 1.54) is 0 Å². The molecule has 0 fully saturated rings. The van der Waals surface area contributed by atoms with Crippen LogP contribution in [0.4, 0.5) is 5.69 Å². The summed E-state index contributed by atoms with van der Waals surface area (Å²) >= 11 is 1.57. The first-order valence-electron chi connectivity index (χ1n) is 5.64. The smallest absolute Gasteiger partial charge is 0.122 e. The number of aromatic nitrogens is 1. The number of methoxy groups -OCH3 is 1. The van der Waals surface area contributed by atoms with E-state index < -0.39 is 0 Å². The van der Waals surface area contributed by atoms with Crippen LogP contribution in [-0.2, 0) is 5.75 Å². The van der Waals surface area contributed by atoms with Crippen LogP contribution in [0.25, 0.3) is 0 Å². The molecule has 1 heterocycles. The molecule has 0 unspecified atom stereocenters. The van der Waals surface area contributed by atoms with E-state index in [4.69, 9.17) is 15.7 Å². The molecule has 0 spiro atoms. The molecule has 2 N–H and O–H groups in total. The van der Waals surface area contributed by atoms with Crippen LogP contribution >= 0.6 is 11.8 Å². The number of rotatable bonds is 4. The highest BCUT2D eigenvalue weighted by Gasteiger charge is 2.06. The maximum Gasteiger partial charge on any atom is 0.122 e. The summed E-state index contributed by atoms with van der Waals surface area (Å²) < 4.78 is 5.29. The van der Waals surface area contributed by atoms with Crippen molar-refractivity contribution in [2.45, 2.75) is 10.8 Å². The summed E-state index contributed by atoms with van der Waals surface area (Å²) in [5.74, 6) is 1.47. The standard InChI is InChI=1S/C14H13N3OS/c1-18-13-4-2-10(7-15)6-11(13)9-19-14-5-3-12(16)8-17-14/h2-6,8H,9,16H2,1H3. The van der Waals surface area contributed by atoms with Crippen molar-refractivity contribution in [1.29, 1.82) is 5.26 Å². The molecule has 0 aliphatic heterocycles. The molecular formula is C14H13N3OS. The first-order valence-corrected chi connectivity index (χ1v) is 6.63. The highest BCUT2D eigenvalue weighted by atomic mass is 32.2. The van der Waals surface area contributed by atoms with Crippen LogP contribution in [0.2, 0.25) is 0 Å². The van der Waals surface area contributed by atoms with Gasteiger partial charge >= 0.3 is 0 Å². The van der Waals surface area contributed by atoms with Gasteiger partial charge in [0.15, 0.2) is 0 Å². The van der Waals surface area contributed by atoms with Crippen molar-refractivity contribution >= 4 is 17.4 Å². The highest BCUT2D eigenvalue weighted by Crippen LogP contribution is 2.27. The molecule has 5 heteroatoms. The van der Waals surface area contributed by atoms with Gasteiger partial charge in [0.25, 0.3) is 0 Å². The van der Waals surface area contributed by atoms with Crippen molar-refractivity contribution in [2.75, 3.05) is 12.8 Å². The number of ether oxygens (including phenoxy) is 1. The third kappa shape index (κ3) is 3.39. The average molecular weight is 271 g/mol. The van der Waals surface area contributed by atoms with Crippen LogP contribution < -0.4 is 10.5 Å². The van der Waals surface area contributed by atoms with E-state index in [0.29, 0.717) is 17.0 Å². The molecule has 19 heavy (non-hydrogen) atoms. The van der Waals surface area contributed by atoms with Crippen LogP contribution in [0.1, 0.15) is 11.1 Å². The van der Waals surface area contributed by atoms with Gasteiger partial charge in [-0.25, -0.2) is 4.98 Å². The molecule has 1 aromatic carbocycles. The fourth-order valence-corrected chi connectivity index (χ4v) is 2.41. The number of thioether (sulfide) groups is 1. The van der Waals surface area contributed by atoms with Gasteiger partial charge in [0.1, 0.15) is 5.75 Å². The summed E-state index contributed by atoms with van der Waals surface area (Å²) in [7, 11) is 1.62. The Morgan fingerprint density at radius 2 is 2.21 bits per heavy atom. The van der Waals surface area contributed by atoms with Crippen LogP contribution in [-0.4, -0.2) is 12.1 Å². The predicted molar refractivity (Wildman–Crippen MR) is 75.9 cm³/mol. The molecule has 0 saturated carbocycles. The second kappa shape index (κ2) is 6.12. The second-order valence-electron chi connectivity index (χ2n) is 3.86. The Bertz CT molecular complexity index is 605. The number of benzene rings is 1. The number of anilines is 1. The maximum absolute atomic E-state index is 8.92. The Balaban J connectivity index is 2.14. The zero-order valence-corrected chi connectivity index (χ0v) is 11.3. The van der Waals surface area contributed by atoms with Crippen molar-refractivity contribution in [2.24, 2.45) is 0 Å². The number of nitrogens with two attached hydrogens (primary N) is 1. The van der Waals surface area contributed by atoms with Gasteiger partial charge in [-0.1, -0.05) is 0 Å². The number of nitriles is 1. The van der Waals surface area contributed by atoms with E-state index in [0.717, 1.165) is 16.3 Å². The lowest BCUT2D eigenvalue weighted by Crippen LogP contribution is -1.92. The quantitative estimate of drug-likeness (QED) is 0.866. The molecule has 1 aromatic heterocycles. The molecule has 0 aliphatic rings. The van der Waals surface area contributed by atoms with E-state index in [1.54, 1.807) is 31.1 Å². The van der Waals surface area contributed by atoms with E-state index in [1.807, 2.05) is 24.3 Å². The van der Waals surface area contributed by atoms with Gasteiger partial charge in [0.2, 0.25) is 0 Å². The minimum absolute atomic E-state index is 0.627. The Morgan fingerprint density at radius 1 is 1.37 bits per heavy atom. The molecule has 0 atom stereocenters. The lowest BCUT2D eigenvalue weighted by Gasteiger charge is -2.08. The van der Waals surface area contributed by atoms with Gasteiger partial charge in [0, 0.05) is 11.3 Å². The third-order valence-corrected chi connectivity index (χ3v) is 3.54. The largest absolute Gasteiger partial charge is 0.496 e. The molecular weight excluding hydrogens is 258 g/mol. The Morgan fingerprint density at radius 3 is 2.84 bits per heavy atom. The maximum atomic E-state index is 8.92. The molecule has 0 amide bonds. The fraction of sp³-hybridized carbons (Fsp3) is 0.143. The van der Waals surface area contributed by atoms with E-state index in [-0.39, 0.29) is 0 Å². The summed E-state index contributed by atoms with van der Waals surface area (Å²) in [6.07, 6.45) is 1.63. The number of hydrogen-bond acceptors (Lipinski definition) is 5. The minimum atomic E-state index is 0.627. The Kier molecular flexibility index (Phi) is 4.26. The molecule has 0 saturated heterocycles. The van der Waals surface area contributed by atoms with E-state index >= 15 is 0 Å². The van der Waals surface area contributed by atoms with E-state index in [2.05, 4.69) is 11.1 Å². The zero-order valence-electron chi connectivity index (χ0n) is 10.5. The van der Waals surface area contributed by atoms with Crippen molar-refractivity contribution in [3.8, 4) is 11.8 Å². The van der Waals surface area contributed by atoms with Gasteiger partial charge in [-0.05, 0) is 30.3 Å². The summed E-state index contributed by atoms with van der Waals surface area (Å²) in [5.41, 5.74) is 7.84. The molecule has 4 nitrogen and oxygen atoms in total.